The summed E-state index contributed by atoms with van der Waals surface area (Å²) >= 11 is 4.17. The van der Waals surface area contributed by atoms with E-state index in [0.717, 1.165) is 12.7 Å². The number of carboxylic acid groups (broad SMARTS) is 1. The lowest BCUT2D eigenvalue weighted by Gasteiger charge is -2.03. The average Bonchev–Trinajstić information content (AvgIpc) is 1.96. The van der Waals surface area contributed by atoms with Crippen LogP contribution in [-0.2, 0) is 0 Å². The fourth-order valence-electron chi connectivity index (χ4n) is 0.881. The van der Waals surface area contributed by atoms with Gasteiger partial charge in [-0.05, 0) is 69.8 Å². The Morgan fingerprint density at radius 2 is 2.00 bits per heavy atom. The number of aryl methyl sites for hydroxylation is 1. The maximum atomic E-state index is 10.7. The van der Waals surface area contributed by atoms with Crippen LogP contribution in [-0.4, -0.2) is 11.1 Å². The highest BCUT2D eigenvalue weighted by molar-refractivity contribution is 14.1. The molecular formula is C8H6I2O2. The van der Waals surface area contributed by atoms with E-state index in [0.29, 0.717) is 5.56 Å². The second-order valence-corrected chi connectivity index (χ2v) is 4.71. The molecular weight excluding hydrogens is 382 g/mol. The molecule has 12 heavy (non-hydrogen) atoms. The normalized spacial score (nSPS) is 9.92. The summed E-state index contributed by atoms with van der Waals surface area (Å²) in [6.07, 6.45) is 0. The van der Waals surface area contributed by atoms with Gasteiger partial charge in [0.2, 0.25) is 0 Å². The number of carbonyl (C=O) groups is 1. The predicted molar refractivity (Wildman–Crippen MR) is 63.6 cm³/mol. The minimum absolute atomic E-state index is 0.389. The molecule has 1 aromatic rings. The van der Waals surface area contributed by atoms with Gasteiger partial charge in [0.1, 0.15) is 0 Å². The molecule has 0 heterocycles. The summed E-state index contributed by atoms with van der Waals surface area (Å²) in [5, 5.41) is 8.81. The summed E-state index contributed by atoms with van der Waals surface area (Å²) in [4.78, 5) is 10.7. The highest BCUT2D eigenvalue weighted by atomic mass is 127. The number of hydrogen-bond donors (Lipinski definition) is 1. The van der Waals surface area contributed by atoms with Crippen LogP contribution in [0.4, 0.5) is 0 Å². The first-order valence-electron chi connectivity index (χ1n) is 3.21. The van der Waals surface area contributed by atoms with Crippen LogP contribution in [0.5, 0.6) is 0 Å². The second-order valence-electron chi connectivity index (χ2n) is 2.39. The fraction of sp³-hybridized carbons (Fsp3) is 0.125. The van der Waals surface area contributed by atoms with Gasteiger partial charge in [-0.25, -0.2) is 4.79 Å². The number of halogens is 2. The smallest absolute Gasteiger partial charge is 0.336 e. The number of benzene rings is 1. The molecule has 0 saturated heterocycles. The van der Waals surface area contributed by atoms with Crippen LogP contribution in [0.1, 0.15) is 15.9 Å². The number of aromatic carboxylic acids is 1. The van der Waals surface area contributed by atoms with Gasteiger partial charge in [0.05, 0.1) is 5.56 Å². The van der Waals surface area contributed by atoms with Gasteiger partial charge < -0.3 is 5.11 Å². The molecule has 0 radical (unpaired) electrons. The van der Waals surface area contributed by atoms with Gasteiger partial charge in [-0.1, -0.05) is 0 Å². The summed E-state index contributed by atoms with van der Waals surface area (Å²) in [6, 6.07) is 3.65. The molecule has 0 unspecified atom stereocenters. The first-order chi connectivity index (χ1) is 5.52. The summed E-state index contributed by atoms with van der Waals surface area (Å²) < 4.78 is 1.78. The van der Waals surface area contributed by atoms with Crippen molar-refractivity contribution in [2.24, 2.45) is 0 Å². The van der Waals surface area contributed by atoms with Gasteiger partial charge in [0.25, 0.3) is 0 Å². The zero-order valence-electron chi connectivity index (χ0n) is 6.27. The van der Waals surface area contributed by atoms with E-state index in [1.165, 1.54) is 0 Å². The lowest BCUT2D eigenvalue weighted by molar-refractivity contribution is 0.0695. The quantitative estimate of drug-likeness (QED) is 0.752. The Morgan fingerprint density at radius 1 is 1.42 bits per heavy atom. The molecule has 1 aromatic carbocycles. The van der Waals surface area contributed by atoms with Crippen molar-refractivity contribution in [1.29, 1.82) is 0 Å². The van der Waals surface area contributed by atoms with E-state index >= 15 is 0 Å². The Kier molecular flexibility index (Phi) is 3.33. The summed E-state index contributed by atoms with van der Waals surface area (Å²) in [6.45, 7) is 1.91. The molecule has 1 rings (SSSR count). The lowest BCUT2D eigenvalue weighted by atomic mass is 10.1. The van der Waals surface area contributed by atoms with E-state index in [2.05, 4.69) is 45.2 Å². The van der Waals surface area contributed by atoms with Crippen molar-refractivity contribution < 1.29 is 9.90 Å². The van der Waals surface area contributed by atoms with Crippen molar-refractivity contribution in [1.82, 2.24) is 0 Å². The summed E-state index contributed by atoms with van der Waals surface area (Å²) in [5.41, 5.74) is 1.40. The third kappa shape index (κ3) is 2.09. The molecule has 0 aliphatic rings. The molecule has 0 aliphatic carbocycles. The highest BCUT2D eigenvalue weighted by Gasteiger charge is 2.10. The van der Waals surface area contributed by atoms with Crippen LogP contribution in [0.15, 0.2) is 12.1 Å². The van der Waals surface area contributed by atoms with Crippen LogP contribution in [0.25, 0.3) is 0 Å². The number of hydrogen-bond acceptors (Lipinski definition) is 1. The van der Waals surface area contributed by atoms with Crippen LogP contribution < -0.4 is 0 Å². The van der Waals surface area contributed by atoms with Gasteiger partial charge in [-0.3, -0.25) is 0 Å². The molecule has 0 saturated carbocycles. The van der Waals surface area contributed by atoms with Gasteiger partial charge in [-0.2, -0.15) is 0 Å². The van der Waals surface area contributed by atoms with E-state index in [1.54, 1.807) is 6.07 Å². The van der Waals surface area contributed by atoms with Crippen molar-refractivity contribution in [3.8, 4) is 0 Å². The monoisotopic (exact) mass is 388 g/mol. The van der Waals surface area contributed by atoms with Crippen LogP contribution >= 0.6 is 45.2 Å². The topological polar surface area (TPSA) is 37.3 Å². The second kappa shape index (κ2) is 3.91. The van der Waals surface area contributed by atoms with Crippen LogP contribution in [0, 0.1) is 14.1 Å². The van der Waals surface area contributed by atoms with E-state index in [4.69, 9.17) is 5.11 Å². The molecule has 64 valence electrons. The van der Waals surface area contributed by atoms with Crippen LogP contribution in [0.2, 0.25) is 0 Å². The first-order valence-corrected chi connectivity index (χ1v) is 5.37. The van der Waals surface area contributed by atoms with Crippen molar-refractivity contribution in [2.45, 2.75) is 6.92 Å². The Morgan fingerprint density at radius 3 is 2.50 bits per heavy atom. The van der Waals surface area contributed by atoms with Crippen molar-refractivity contribution in [3.05, 3.63) is 30.4 Å². The molecule has 0 fully saturated rings. The lowest BCUT2D eigenvalue weighted by Crippen LogP contribution is -2.01. The van der Waals surface area contributed by atoms with Gasteiger partial charge >= 0.3 is 5.97 Å². The number of rotatable bonds is 1. The molecule has 0 bridgehead atoms. The Labute approximate surface area is 97.6 Å². The fourth-order valence-corrected chi connectivity index (χ4v) is 2.20. The van der Waals surface area contributed by atoms with Gasteiger partial charge in [-0.15, -0.1) is 0 Å². The standard InChI is InChI=1S/C8H6I2O2/c1-4-2-5(9)3-6(7(4)10)8(11)12/h2-3H,1H3,(H,11,12). The van der Waals surface area contributed by atoms with Crippen LogP contribution in [0.3, 0.4) is 0 Å². The molecule has 1 N–H and O–H groups in total. The number of carboxylic acids is 1. The third-order valence-electron chi connectivity index (χ3n) is 1.45. The van der Waals surface area contributed by atoms with E-state index in [-0.39, 0.29) is 0 Å². The summed E-state index contributed by atoms with van der Waals surface area (Å²) in [5.74, 6) is -0.860. The molecule has 2 nitrogen and oxygen atoms in total. The van der Waals surface area contributed by atoms with Crippen molar-refractivity contribution in [3.63, 3.8) is 0 Å². The van der Waals surface area contributed by atoms with E-state index < -0.39 is 5.97 Å². The maximum absolute atomic E-state index is 10.7. The zero-order valence-corrected chi connectivity index (χ0v) is 10.6. The SMILES string of the molecule is Cc1cc(I)cc(C(=O)O)c1I. The van der Waals surface area contributed by atoms with E-state index in [1.807, 2.05) is 13.0 Å². The highest BCUT2D eigenvalue weighted by Crippen LogP contribution is 2.20. The largest absolute Gasteiger partial charge is 0.478 e. The average molecular weight is 388 g/mol. The van der Waals surface area contributed by atoms with Crippen molar-refractivity contribution in [2.75, 3.05) is 0 Å². The molecule has 0 atom stereocenters. The molecule has 0 amide bonds. The minimum Gasteiger partial charge on any atom is -0.478 e. The van der Waals surface area contributed by atoms with Gasteiger partial charge in [0.15, 0.2) is 0 Å². The molecule has 4 heteroatoms. The zero-order chi connectivity index (χ0) is 9.30. The predicted octanol–water partition coefficient (Wildman–Crippen LogP) is 2.90. The van der Waals surface area contributed by atoms with Crippen molar-refractivity contribution >= 4 is 51.2 Å². The minimum atomic E-state index is -0.860. The van der Waals surface area contributed by atoms with E-state index in [9.17, 15) is 4.79 Å². The van der Waals surface area contributed by atoms with Gasteiger partial charge in [0, 0.05) is 7.14 Å². The Bertz CT molecular complexity index is 334. The molecule has 0 aromatic heterocycles. The molecule has 0 spiro atoms. The maximum Gasteiger partial charge on any atom is 0.336 e. The first kappa shape index (κ1) is 10.2. The summed E-state index contributed by atoms with van der Waals surface area (Å²) in [7, 11) is 0. The third-order valence-corrected chi connectivity index (χ3v) is 3.50. The Hall–Kier alpha value is 0.150. The Balaban J connectivity index is 3.37. The molecule has 0 aliphatic heterocycles.